The number of terminal acetylenes is 1. The Morgan fingerprint density at radius 3 is 2.66 bits per heavy atom. The van der Waals surface area contributed by atoms with E-state index in [1.54, 1.807) is 17.2 Å². The summed E-state index contributed by atoms with van der Waals surface area (Å²) in [6, 6.07) is 17.8. The van der Waals surface area contributed by atoms with Crippen molar-refractivity contribution in [2.75, 3.05) is 26.2 Å². The van der Waals surface area contributed by atoms with Gasteiger partial charge in [0.15, 0.2) is 6.19 Å². The van der Waals surface area contributed by atoms with Crippen molar-refractivity contribution in [1.82, 2.24) is 15.1 Å². The zero-order valence-electron chi connectivity index (χ0n) is 23.6. The van der Waals surface area contributed by atoms with Gasteiger partial charge in [0.25, 0.3) is 0 Å². The van der Waals surface area contributed by atoms with Gasteiger partial charge in [0.2, 0.25) is 17.8 Å². The number of rotatable bonds is 4. The molecule has 2 aromatic carbocycles. The molecule has 214 valence electrons. The topological polar surface area (TPSA) is 128 Å². The molecular formula is C32H38N6O3. The van der Waals surface area contributed by atoms with Gasteiger partial charge in [-0.05, 0) is 62.4 Å². The van der Waals surface area contributed by atoms with E-state index in [9.17, 15) is 9.59 Å². The number of nitrogens with zero attached hydrogens (tertiary/aromatic N) is 4. The standard InChI is InChI=1S/C19H26N2O2.C11H10N4O.C2H2/c22-18-11-5-2-6-12-21(18)15-19(23)20-13-7-10-17(14-20)16-8-3-1-4-9-16;1-7-4-8-5-9(2-3-10(8)16-7)15-11(13)14-6-12;1-2/h1,3-4,8-9,17H,2,5-7,10-15H2;2-5H,1H3,(H3,13,14,15);1-2H. The van der Waals surface area contributed by atoms with Crippen LogP contribution < -0.4 is 11.1 Å². The van der Waals surface area contributed by atoms with Crippen molar-refractivity contribution in [3.05, 3.63) is 65.9 Å². The van der Waals surface area contributed by atoms with E-state index in [1.807, 2.05) is 36.1 Å². The van der Waals surface area contributed by atoms with Gasteiger partial charge >= 0.3 is 0 Å². The highest BCUT2D eigenvalue weighted by atomic mass is 16.3. The SMILES string of the molecule is C#C.Cc1cc2cc(N=C(N)NC#N)ccc2o1.O=C1CCCCCN1CC(=O)N1CCCC(c2ccccc2)C1. The van der Waals surface area contributed by atoms with E-state index in [4.69, 9.17) is 15.4 Å². The number of fused-ring (bicyclic) bond motifs is 1. The molecule has 2 saturated heterocycles. The van der Waals surface area contributed by atoms with Crippen LogP contribution in [0.25, 0.3) is 11.0 Å². The summed E-state index contributed by atoms with van der Waals surface area (Å²) in [6.07, 6.45) is 15.6. The third-order valence-corrected chi connectivity index (χ3v) is 7.10. The van der Waals surface area contributed by atoms with Gasteiger partial charge in [-0.1, -0.05) is 36.8 Å². The number of nitrogens with one attached hydrogen (secondary N) is 1. The predicted molar refractivity (Wildman–Crippen MR) is 161 cm³/mol. The second kappa shape index (κ2) is 15.7. The number of aliphatic imine (C=N–C) groups is 1. The lowest BCUT2D eigenvalue weighted by atomic mass is 9.90. The van der Waals surface area contributed by atoms with Gasteiger partial charge in [-0.3, -0.25) is 14.9 Å². The molecule has 9 heteroatoms. The first-order valence-electron chi connectivity index (χ1n) is 13.9. The van der Waals surface area contributed by atoms with Gasteiger partial charge in [-0.25, -0.2) is 4.99 Å². The smallest absolute Gasteiger partial charge is 0.242 e. The van der Waals surface area contributed by atoms with Gasteiger partial charge in [0.1, 0.15) is 11.3 Å². The Hall–Kier alpha value is -4.76. The predicted octanol–water partition coefficient (Wildman–Crippen LogP) is 4.80. The molecule has 0 radical (unpaired) electrons. The highest BCUT2D eigenvalue weighted by molar-refractivity contribution is 5.86. The van der Waals surface area contributed by atoms with Gasteiger partial charge in [0.05, 0.1) is 12.2 Å². The molecule has 0 saturated carbocycles. The summed E-state index contributed by atoms with van der Waals surface area (Å²) in [5.41, 5.74) is 8.26. The fourth-order valence-corrected chi connectivity index (χ4v) is 5.13. The van der Waals surface area contributed by atoms with E-state index < -0.39 is 0 Å². The maximum atomic E-state index is 12.6. The van der Waals surface area contributed by atoms with E-state index >= 15 is 0 Å². The van der Waals surface area contributed by atoms with E-state index in [2.05, 4.69) is 47.4 Å². The van der Waals surface area contributed by atoms with Crippen molar-refractivity contribution in [1.29, 1.82) is 5.26 Å². The van der Waals surface area contributed by atoms with Gasteiger partial charge in [-0.2, -0.15) is 5.26 Å². The van der Waals surface area contributed by atoms with Crippen LogP contribution in [-0.4, -0.2) is 53.8 Å². The number of guanidine groups is 1. The molecule has 2 aliphatic rings. The van der Waals surface area contributed by atoms with Crippen molar-refractivity contribution in [3.63, 3.8) is 0 Å². The summed E-state index contributed by atoms with van der Waals surface area (Å²) in [4.78, 5) is 32.5. The molecule has 41 heavy (non-hydrogen) atoms. The van der Waals surface area contributed by atoms with Crippen molar-refractivity contribution >= 4 is 34.4 Å². The highest BCUT2D eigenvalue weighted by Crippen LogP contribution is 2.27. The van der Waals surface area contributed by atoms with Crippen molar-refractivity contribution in [2.45, 2.75) is 51.4 Å². The van der Waals surface area contributed by atoms with Crippen LogP contribution in [0.2, 0.25) is 0 Å². The minimum atomic E-state index is 0.0714. The van der Waals surface area contributed by atoms with Crippen molar-refractivity contribution < 1.29 is 14.0 Å². The number of hydrogen-bond donors (Lipinski definition) is 2. The summed E-state index contributed by atoms with van der Waals surface area (Å²) < 4.78 is 5.43. The van der Waals surface area contributed by atoms with E-state index in [-0.39, 0.29) is 24.3 Å². The Bertz CT molecular complexity index is 1390. The van der Waals surface area contributed by atoms with E-state index in [1.165, 1.54) is 5.56 Å². The molecule has 2 aliphatic heterocycles. The molecular weight excluding hydrogens is 516 g/mol. The van der Waals surface area contributed by atoms with Gasteiger partial charge < -0.3 is 20.0 Å². The average molecular weight is 555 g/mol. The number of carbonyl (C=O) groups is 2. The molecule has 0 bridgehead atoms. The first kappa shape index (κ1) is 30.8. The molecule has 2 amide bonds. The number of piperidine rings is 1. The second-order valence-corrected chi connectivity index (χ2v) is 10.0. The van der Waals surface area contributed by atoms with Crippen LogP contribution in [0.3, 0.4) is 0 Å². The molecule has 2 fully saturated rings. The Morgan fingerprint density at radius 1 is 1.12 bits per heavy atom. The summed E-state index contributed by atoms with van der Waals surface area (Å²) >= 11 is 0. The second-order valence-electron chi connectivity index (χ2n) is 10.0. The number of benzene rings is 2. The number of carbonyl (C=O) groups excluding carboxylic acids is 2. The number of amides is 2. The lowest BCUT2D eigenvalue weighted by molar-refractivity contribution is -0.140. The lowest BCUT2D eigenvalue weighted by Gasteiger charge is -2.34. The van der Waals surface area contributed by atoms with Crippen LogP contribution in [0.15, 0.2) is 64.0 Å². The first-order chi connectivity index (χ1) is 19.9. The molecule has 0 spiro atoms. The maximum Gasteiger partial charge on any atom is 0.242 e. The van der Waals surface area contributed by atoms with E-state index in [0.29, 0.717) is 18.0 Å². The Balaban J connectivity index is 0.000000225. The van der Waals surface area contributed by atoms with Crippen LogP contribution in [0.4, 0.5) is 5.69 Å². The van der Waals surface area contributed by atoms with Gasteiger partial charge in [0, 0.05) is 37.4 Å². The molecule has 3 heterocycles. The summed E-state index contributed by atoms with van der Waals surface area (Å²) in [7, 11) is 0. The number of hydrogen-bond acceptors (Lipinski definition) is 5. The van der Waals surface area contributed by atoms with Crippen molar-refractivity contribution in [3.8, 4) is 19.0 Å². The summed E-state index contributed by atoms with van der Waals surface area (Å²) in [5, 5.41) is 11.6. The summed E-state index contributed by atoms with van der Waals surface area (Å²) in [6.45, 7) is 4.49. The number of nitrogens with two attached hydrogens (primary N) is 1. The fraction of sp³-hybridized carbons (Fsp3) is 0.375. The minimum Gasteiger partial charge on any atom is -0.461 e. The number of likely N-dealkylation sites (tertiary alicyclic amines) is 2. The highest BCUT2D eigenvalue weighted by Gasteiger charge is 2.27. The number of furan rings is 1. The molecule has 3 N–H and O–H groups in total. The molecule has 1 atom stereocenters. The molecule has 3 aromatic rings. The zero-order valence-corrected chi connectivity index (χ0v) is 23.6. The maximum absolute atomic E-state index is 12.6. The van der Waals surface area contributed by atoms with Crippen LogP contribution >= 0.6 is 0 Å². The molecule has 9 nitrogen and oxygen atoms in total. The van der Waals surface area contributed by atoms with Crippen LogP contribution in [0.1, 0.15) is 55.8 Å². The molecule has 5 rings (SSSR count). The number of aryl methyl sites for hydroxylation is 1. The molecule has 1 unspecified atom stereocenters. The molecule has 0 aliphatic carbocycles. The van der Waals surface area contributed by atoms with Crippen LogP contribution in [-0.2, 0) is 9.59 Å². The van der Waals surface area contributed by atoms with Crippen LogP contribution in [0, 0.1) is 31.2 Å². The Kier molecular flexibility index (Phi) is 11.8. The zero-order chi connectivity index (χ0) is 29.6. The number of nitriles is 1. The third kappa shape index (κ3) is 9.15. The molecule has 1 aromatic heterocycles. The van der Waals surface area contributed by atoms with Crippen molar-refractivity contribution in [2.24, 2.45) is 10.7 Å². The quantitative estimate of drug-likeness (QED) is 0.157. The van der Waals surface area contributed by atoms with E-state index in [0.717, 1.165) is 68.5 Å². The monoisotopic (exact) mass is 554 g/mol. The normalized spacial score (nSPS) is 17.3. The largest absolute Gasteiger partial charge is 0.461 e. The third-order valence-electron chi connectivity index (χ3n) is 7.10. The van der Waals surface area contributed by atoms with Gasteiger partial charge in [-0.15, -0.1) is 12.8 Å². The fourth-order valence-electron chi connectivity index (χ4n) is 5.13. The lowest BCUT2D eigenvalue weighted by Crippen LogP contribution is -2.46. The minimum absolute atomic E-state index is 0.0714. The average Bonchev–Trinajstić information content (AvgIpc) is 3.25. The Labute approximate surface area is 242 Å². The summed E-state index contributed by atoms with van der Waals surface area (Å²) in [5.74, 6) is 1.60. The van der Waals surface area contributed by atoms with Crippen LogP contribution in [0.5, 0.6) is 0 Å². The Morgan fingerprint density at radius 2 is 1.90 bits per heavy atom. The first-order valence-corrected chi connectivity index (χ1v) is 13.9.